The van der Waals surface area contributed by atoms with Crippen LogP contribution in [-0.2, 0) is 13.6 Å². The summed E-state index contributed by atoms with van der Waals surface area (Å²) in [5.74, 6) is 1.85. The minimum Gasteiger partial charge on any atom is -0.497 e. The van der Waals surface area contributed by atoms with Crippen molar-refractivity contribution < 1.29 is 19.0 Å². The Kier molecular flexibility index (Phi) is 4.19. The van der Waals surface area contributed by atoms with E-state index in [4.69, 9.17) is 19.6 Å². The number of aromatic nitrogens is 2. The summed E-state index contributed by atoms with van der Waals surface area (Å²) in [6.07, 6.45) is 1.81. The summed E-state index contributed by atoms with van der Waals surface area (Å²) in [5.41, 5.74) is 2.51. The Hall–Kier alpha value is -3.48. The van der Waals surface area contributed by atoms with E-state index in [2.05, 4.69) is 0 Å². The predicted molar refractivity (Wildman–Crippen MR) is 98.1 cm³/mol. The summed E-state index contributed by atoms with van der Waals surface area (Å²) in [4.78, 5) is 12.7. The average Bonchev–Trinajstić information content (AvgIpc) is 3.27. The molecular weight excluding hydrogens is 346 g/mol. The Morgan fingerprint density at radius 3 is 2.81 bits per heavy atom. The Morgan fingerprint density at radius 2 is 2.00 bits per heavy atom. The molecule has 0 saturated carbocycles. The maximum atomic E-state index is 12.7. The number of nitrogens with one attached hydrogen (secondary N) is 1. The smallest absolute Gasteiger partial charge is 0.231 e. The number of methoxy groups -OCH3 is 1. The molecule has 0 radical (unpaired) electrons. The van der Waals surface area contributed by atoms with Crippen molar-refractivity contribution in [1.82, 2.24) is 9.13 Å². The summed E-state index contributed by atoms with van der Waals surface area (Å²) in [5, 5.41) is 8.34. The van der Waals surface area contributed by atoms with Crippen LogP contribution in [-0.4, -0.2) is 28.8 Å². The zero-order valence-electron chi connectivity index (χ0n) is 15.1. The fraction of sp³-hybridized carbons (Fsp3) is 0.200. The van der Waals surface area contributed by atoms with E-state index < -0.39 is 0 Å². The van der Waals surface area contributed by atoms with E-state index in [1.807, 2.05) is 30.5 Å². The fourth-order valence-corrected chi connectivity index (χ4v) is 3.09. The van der Waals surface area contributed by atoms with Crippen LogP contribution in [0.15, 0.2) is 48.7 Å². The molecule has 27 heavy (non-hydrogen) atoms. The van der Waals surface area contributed by atoms with Crippen LogP contribution >= 0.6 is 0 Å². The van der Waals surface area contributed by atoms with Crippen LogP contribution in [0.25, 0.3) is 11.3 Å². The maximum Gasteiger partial charge on any atom is 0.231 e. The SMILES string of the molecule is COc1cccc(-c2cn(CC(=O)c3ccc4c(c3)OCO4)c(=N)n2C)c1. The van der Waals surface area contributed by atoms with Gasteiger partial charge in [0, 0.05) is 24.4 Å². The van der Waals surface area contributed by atoms with Crippen LogP contribution in [0.1, 0.15) is 10.4 Å². The third-order valence-electron chi connectivity index (χ3n) is 4.60. The van der Waals surface area contributed by atoms with Gasteiger partial charge in [-0.05, 0) is 30.3 Å². The van der Waals surface area contributed by atoms with Crippen LogP contribution in [0.2, 0.25) is 0 Å². The third kappa shape index (κ3) is 3.08. The van der Waals surface area contributed by atoms with Crippen LogP contribution in [0.3, 0.4) is 0 Å². The first kappa shape index (κ1) is 17.0. The predicted octanol–water partition coefficient (Wildman–Crippen LogP) is 2.59. The second kappa shape index (κ2) is 6.68. The normalized spacial score (nSPS) is 12.2. The minimum absolute atomic E-state index is 0.0658. The van der Waals surface area contributed by atoms with E-state index in [0.717, 1.165) is 17.0 Å². The van der Waals surface area contributed by atoms with Crippen LogP contribution < -0.4 is 19.8 Å². The van der Waals surface area contributed by atoms with Gasteiger partial charge in [-0.1, -0.05) is 12.1 Å². The highest BCUT2D eigenvalue weighted by Gasteiger charge is 2.17. The van der Waals surface area contributed by atoms with Crippen LogP contribution in [0, 0.1) is 5.41 Å². The largest absolute Gasteiger partial charge is 0.497 e. The number of fused-ring (bicyclic) bond motifs is 1. The highest BCUT2D eigenvalue weighted by molar-refractivity contribution is 5.96. The zero-order valence-corrected chi connectivity index (χ0v) is 15.1. The second-order valence-corrected chi connectivity index (χ2v) is 6.25. The number of Topliss-reactive ketones (excluding diaryl/α,β-unsaturated/α-hetero) is 1. The van der Waals surface area contributed by atoms with Gasteiger partial charge in [-0.2, -0.15) is 0 Å². The van der Waals surface area contributed by atoms with Crippen LogP contribution in [0.5, 0.6) is 17.2 Å². The number of ketones is 1. The van der Waals surface area contributed by atoms with Gasteiger partial charge in [-0.3, -0.25) is 10.2 Å². The molecule has 0 amide bonds. The van der Waals surface area contributed by atoms with Crippen molar-refractivity contribution in [3.8, 4) is 28.5 Å². The lowest BCUT2D eigenvalue weighted by molar-refractivity contribution is 0.0969. The first-order valence-corrected chi connectivity index (χ1v) is 8.45. The highest BCUT2D eigenvalue weighted by Crippen LogP contribution is 2.32. The van der Waals surface area contributed by atoms with Gasteiger partial charge in [0.05, 0.1) is 19.3 Å². The number of hydrogen-bond acceptors (Lipinski definition) is 5. The lowest BCUT2D eigenvalue weighted by Crippen LogP contribution is -2.25. The van der Waals surface area contributed by atoms with E-state index in [0.29, 0.717) is 17.1 Å². The maximum absolute atomic E-state index is 12.7. The van der Waals surface area contributed by atoms with Crippen molar-refractivity contribution in [2.45, 2.75) is 6.54 Å². The molecule has 1 N–H and O–H groups in total. The lowest BCUT2D eigenvalue weighted by atomic mass is 10.1. The number of nitrogens with zero attached hydrogens (tertiary/aromatic N) is 2. The molecule has 1 aromatic heterocycles. The molecule has 0 aliphatic carbocycles. The van der Waals surface area contributed by atoms with Gasteiger partial charge in [-0.15, -0.1) is 0 Å². The van der Waals surface area contributed by atoms with Crippen molar-refractivity contribution in [3.05, 3.63) is 59.8 Å². The number of rotatable bonds is 5. The molecule has 0 unspecified atom stereocenters. The summed E-state index contributed by atoms with van der Waals surface area (Å²) in [7, 11) is 3.42. The average molecular weight is 365 g/mol. The summed E-state index contributed by atoms with van der Waals surface area (Å²) < 4.78 is 19.2. The monoisotopic (exact) mass is 365 g/mol. The van der Waals surface area contributed by atoms with Gasteiger partial charge in [0.2, 0.25) is 12.4 Å². The minimum atomic E-state index is -0.102. The van der Waals surface area contributed by atoms with Crippen molar-refractivity contribution in [2.75, 3.05) is 13.9 Å². The van der Waals surface area contributed by atoms with Gasteiger partial charge in [-0.25, -0.2) is 0 Å². The molecule has 3 aromatic rings. The number of benzene rings is 2. The topological polar surface area (TPSA) is 78.5 Å². The molecule has 0 bridgehead atoms. The Bertz CT molecular complexity index is 1080. The molecule has 138 valence electrons. The van der Waals surface area contributed by atoms with E-state index in [1.165, 1.54) is 0 Å². The number of imidazole rings is 1. The van der Waals surface area contributed by atoms with E-state index in [1.54, 1.807) is 41.5 Å². The molecule has 0 atom stereocenters. The van der Waals surface area contributed by atoms with Gasteiger partial charge >= 0.3 is 0 Å². The van der Waals surface area contributed by atoms with E-state index in [-0.39, 0.29) is 24.7 Å². The molecule has 2 heterocycles. The lowest BCUT2D eigenvalue weighted by Gasteiger charge is -2.04. The Morgan fingerprint density at radius 1 is 1.19 bits per heavy atom. The molecule has 2 aromatic carbocycles. The molecule has 4 rings (SSSR count). The van der Waals surface area contributed by atoms with Gasteiger partial charge in [0.25, 0.3) is 0 Å². The summed E-state index contributed by atoms with van der Waals surface area (Å²) in [6.45, 7) is 0.234. The van der Waals surface area contributed by atoms with Gasteiger partial charge in [0.15, 0.2) is 17.3 Å². The molecular formula is C20H19N3O4. The van der Waals surface area contributed by atoms with E-state index >= 15 is 0 Å². The molecule has 0 saturated heterocycles. The van der Waals surface area contributed by atoms with Crippen molar-refractivity contribution in [2.24, 2.45) is 7.05 Å². The molecule has 0 spiro atoms. The fourth-order valence-electron chi connectivity index (χ4n) is 3.09. The standard InChI is InChI=1S/C20H19N3O4/c1-22-16(13-4-3-5-15(8-13)25-2)10-23(20(22)21)11-17(24)14-6-7-18-19(9-14)27-12-26-18/h3-10,21H,11-12H2,1-2H3. The van der Waals surface area contributed by atoms with E-state index in [9.17, 15) is 4.79 Å². The number of ether oxygens (including phenoxy) is 3. The van der Waals surface area contributed by atoms with Crippen molar-refractivity contribution in [1.29, 1.82) is 5.41 Å². The Balaban J connectivity index is 1.63. The molecule has 1 aliphatic heterocycles. The molecule has 7 nitrogen and oxygen atoms in total. The zero-order chi connectivity index (χ0) is 19.0. The number of carbonyl (C=O) groups excluding carboxylic acids is 1. The Labute approximate surface area is 155 Å². The first-order chi connectivity index (χ1) is 13.1. The molecule has 7 heteroatoms. The van der Waals surface area contributed by atoms with Gasteiger partial charge in [0.1, 0.15) is 5.75 Å². The molecule has 0 fully saturated rings. The summed E-state index contributed by atoms with van der Waals surface area (Å²) >= 11 is 0. The van der Waals surface area contributed by atoms with Gasteiger partial charge < -0.3 is 23.3 Å². The summed E-state index contributed by atoms with van der Waals surface area (Å²) in [6, 6.07) is 12.7. The quantitative estimate of drug-likeness (QED) is 0.705. The van der Waals surface area contributed by atoms with Crippen LogP contribution in [0.4, 0.5) is 0 Å². The second-order valence-electron chi connectivity index (χ2n) is 6.25. The third-order valence-corrected chi connectivity index (χ3v) is 4.60. The highest BCUT2D eigenvalue weighted by atomic mass is 16.7. The van der Waals surface area contributed by atoms with Crippen molar-refractivity contribution in [3.63, 3.8) is 0 Å². The van der Waals surface area contributed by atoms with Crippen molar-refractivity contribution >= 4 is 5.78 Å². The first-order valence-electron chi connectivity index (χ1n) is 8.45. The number of carbonyl (C=O) groups is 1. The molecule has 1 aliphatic rings. The number of hydrogen-bond donors (Lipinski definition) is 1.